The van der Waals surface area contributed by atoms with Gasteiger partial charge in [-0.2, -0.15) is 0 Å². The maximum atomic E-state index is 11.9. The minimum absolute atomic E-state index is 0.0672. The van der Waals surface area contributed by atoms with Crippen LogP contribution in [0.25, 0.3) is 22.2 Å². The molecular weight excluding hydrogens is 380 g/mol. The molecule has 4 aromatic rings. The number of nitrogens with two attached hydrogens (primary N) is 1. The average molecular weight is 404 g/mol. The van der Waals surface area contributed by atoms with E-state index in [1.165, 1.54) is 12.5 Å². The van der Waals surface area contributed by atoms with Crippen LogP contribution in [0, 0.1) is 6.92 Å². The van der Waals surface area contributed by atoms with E-state index >= 15 is 0 Å². The molecule has 0 amide bonds. The fraction of sp³-hybridized carbons (Fsp3) is 0.304. The van der Waals surface area contributed by atoms with Crippen molar-refractivity contribution in [3.8, 4) is 11.3 Å². The van der Waals surface area contributed by atoms with Crippen molar-refractivity contribution in [2.75, 3.05) is 0 Å². The molecule has 2 N–H and O–H groups in total. The van der Waals surface area contributed by atoms with Crippen LogP contribution >= 0.6 is 0 Å². The van der Waals surface area contributed by atoms with Crippen LogP contribution in [-0.4, -0.2) is 20.7 Å². The van der Waals surface area contributed by atoms with Crippen molar-refractivity contribution in [1.29, 1.82) is 0 Å². The highest BCUT2D eigenvalue weighted by atomic mass is 16.4. The second-order valence-electron chi connectivity index (χ2n) is 7.39. The van der Waals surface area contributed by atoms with Gasteiger partial charge in [-0.05, 0) is 44.0 Å². The van der Waals surface area contributed by atoms with Crippen molar-refractivity contribution in [1.82, 2.24) is 15.0 Å². The Morgan fingerprint density at radius 2 is 2.03 bits per heavy atom. The molecule has 7 nitrogen and oxygen atoms in total. The molecule has 0 aliphatic heterocycles. The van der Waals surface area contributed by atoms with Gasteiger partial charge in [0, 0.05) is 23.1 Å². The van der Waals surface area contributed by atoms with E-state index in [9.17, 15) is 4.79 Å². The summed E-state index contributed by atoms with van der Waals surface area (Å²) in [6.07, 6.45) is 8.33. The molecule has 7 heteroatoms. The summed E-state index contributed by atoms with van der Waals surface area (Å²) in [5, 5.41) is 1.06. The van der Waals surface area contributed by atoms with Gasteiger partial charge in [0.2, 0.25) is 11.7 Å². The molecule has 0 saturated heterocycles. The molecule has 30 heavy (non-hydrogen) atoms. The monoisotopic (exact) mass is 404 g/mol. The van der Waals surface area contributed by atoms with Crippen LogP contribution in [0.5, 0.6) is 0 Å². The van der Waals surface area contributed by atoms with Gasteiger partial charge in [0.1, 0.15) is 6.26 Å². The standard InChI is InChI=1S/C23H24N4O3/c1-15-7-8-16-13-17(9-10-19(16)27-15)21-14-26-22(30-21)18(24)5-3-2-4-6-20(28)23-25-11-12-29-23/h7-14,18H,2-6,24H2,1H3. The molecule has 0 radical (unpaired) electrons. The van der Waals surface area contributed by atoms with Crippen LogP contribution in [0.4, 0.5) is 0 Å². The molecule has 1 aromatic carbocycles. The van der Waals surface area contributed by atoms with Crippen LogP contribution in [-0.2, 0) is 0 Å². The third-order valence-electron chi connectivity index (χ3n) is 5.04. The number of oxazole rings is 2. The Labute approximate surface area is 174 Å². The van der Waals surface area contributed by atoms with Gasteiger partial charge in [-0.1, -0.05) is 18.9 Å². The first-order valence-corrected chi connectivity index (χ1v) is 10.1. The van der Waals surface area contributed by atoms with Crippen LogP contribution in [0.15, 0.2) is 57.8 Å². The predicted octanol–water partition coefficient (Wildman–Crippen LogP) is 5.02. The lowest BCUT2D eigenvalue weighted by Gasteiger charge is -2.07. The molecule has 154 valence electrons. The molecule has 0 fully saturated rings. The predicted molar refractivity (Wildman–Crippen MR) is 113 cm³/mol. The SMILES string of the molecule is Cc1ccc2cc(-c3cnc(C(N)CCCCCC(=O)c4ncco4)o3)ccc2n1. The number of aryl methyl sites for hydroxylation is 1. The smallest absolute Gasteiger partial charge is 0.263 e. The van der Waals surface area contributed by atoms with E-state index in [-0.39, 0.29) is 17.7 Å². The summed E-state index contributed by atoms with van der Waals surface area (Å²) in [5.74, 6) is 1.34. The number of ketones is 1. The summed E-state index contributed by atoms with van der Waals surface area (Å²) < 4.78 is 10.9. The first-order valence-electron chi connectivity index (χ1n) is 10.1. The first kappa shape index (κ1) is 20.0. The molecule has 0 bridgehead atoms. The van der Waals surface area contributed by atoms with Crippen LogP contribution in [0.2, 0.25) is 0 Å². The Balaban J connectivity index is 1.29. The molecule has 0 spiro atoms. The van der Waals surface area contributed by atoms with Crippen molar-refractivity contribution in [2.45, 2.75) is 45.1 Å². The Hall–Kier alpha value is -3.32. The maximum absolute atomic E-state index is 11.9. The van der Waals surface area contributed by atoms with E-state index in [2.05, 4.69) is 21.0 Å². The molecule has 0 aliphatic carbocycles. The fourth-order valence-electron chi connectivity index (χ4n) is 3.39. The topological polar surface area (TPSA) is 108 Å². The van der Waals surface area contributed by atoms with Crippen molar-refractivity contribution >= 4 is 16.7 Å². The van der Waals surface area contributed by atoms with Gasteiger partial charge >= 0.3 is 0 Å². The van der Waals surface area contributed by atoms with Gasteiger partial charge in [-0.3, -0.25) is 9.78 Å². The number of carbonyl (C=O) groups excluding carboxylic acids is 1. The zero-order chi connectivity index (χ0) is 20.9. The van der Waals surface area contributed by atoms with Gasteiger partial charge in [0.25, 0.3) is 5.89 Å². The lowest BCUT2D eigenvalue weighted by Crippen LogP contribution is -2.10. The minimum Gasteiger partial charge on any atom is -0.442 e. The summed E-state index contributed by atoms with van der Waals surface area (Å²) in [6, 6.07) is 9.78. The summed E-state index contributed by atoms with van der Waals surface area (Å²) >= 11 is 0. The van der Waals surface area contributed by atoms with E-state index in [0.717, 1.165) is 47.8 Å². The lowest BCUT2D eigenvalue weighted by atomic mass is 10.1. The van der Waals surface area contributed by atoms with Crippen molar-refractivity contribution < 1.29 is 13.6 Å². The molecule has 3 heterocycles. The van der Waals surface area contributed by atoms with Crippen molar-refractivity contribution in [2.24, 2.45) is 5.73 Å². The highest BCUT2D eigenvalue weighted by molar-refractivity contribution is 5.91. The van der Waals surface area contributed by atoms with E-state index in [1.807, 2.05) is 31.2 Å². The van der Waals surface area contributed by atoms with E-state index < -0.39 is 0 Å². The molecule has 3 aromatic heterocycles. The van der Waals surface area contributed by atoms with Crippen LogP contribution in [0.1, 0.15) is 60.4 Å². The first-order chi connectivity index (χ1) is 14.6. The lowest BCUT2D eigenvalue weighted by molar-refractivity contribution is 0.0945. The number of hydrogen-bond donors (Lipinski definition) is 1. The van der Waals surface area contributed by atoms with Crippen molar-refractivity contribution in [3.63, 3.8) is 0 Å². The molecule has 4 rings (SSSR count). The summed E-state index contributed by atoms with van der Waals surface area (Å²) in [6.45, 7) is 1.98. The Morgan fingerprint density at radius 1 is 1.13 bits per heavy atom. The number of Topliss-reactive ketones (excluding diaryl/α,β-unsaturated/α-hetero) is 1. The van der Waals surface area contributed by atoms with Gasteiger partial charge < -0.3 is 14.6 Å². The largest absolute Gasteiger partial charge is 0.442 e. The normalized spacial score (nSPS) is 12.3. The third-order valence-corrected chi connectivity index (χ3v) is 5.04. The quantitative estimate of drug-likeness (QED) is 0.308. The number of fused-ring (bicyclic) bond motifs is 1. The maximum Gasteiger partial charge on any atom is 0.263 e. The molecular formula is C23H24N4O3. The fourth-order valence-corrected chi connectivity index (χ4v) is 3.39. The van der Waals surface area contributed by atoms with Gasteiger partial charge in [0.15, 0.2) is 5.76 Å². The summed E-state index contributed by atoms with van der Waals surface area (Å²) in [7, 11) is 0. The Bertz CT molecular complexity index is 1130. The Morgan fingerprint density at radius 3 is 2.87 bits per heavy atom. The van der Waals surface area contributed by atoms with Gasteiger partial charge in [0.05, 0.1) is 24.0 Å². The second kappa shape index (κ2) is 9.00. The van der Waals surface area contributed by atoms with Crippen LogP contribution in [0.3, 0.4) is 0 Å². The number of nitrogens with zero attached hydrogens (tertiary/aromatic N) is 3. The highest BCUT2D eigenvalue weighted by Crippen LogP contribution is 2.27. The van der Waals surface area contributed by atoms with Crippen molar-refractivity contribution in [3.05, 3.63) is 66.5 Å². The van der Waals surface area contributed by atoms with E-state index in [0.29, 0.717) is 18.1 Å². The number of carbonyl (C=O) groups is 1. The molecule has 0 aliphatic rings. The highest BCUT2D eigenvalue weighted by Gasteiger charge is 2.15. The zero-order valence-corrected chi connectivity index (χ0v) is 16.9. The number of pyridine rings is 1. The van der Waals surface area contributed by atoms with Gasteiger partial charge in [-0.15, -0.1) is 0 Å². The molecule has 0 saturated carbocycles. The van der Waals surface area contributed by atoms with E-state index in [4.69, 9.17) is 14.6 Å². The number of benzene rings is 1. The molecule has 1 unspecified atom stereocenters. The Kier molecular flexibility index (Phi) is 5.99. The zero-order valence-electron chi connectivity index (χ0n) is 16.9. The summed E-state index contributed by atoms with van der Waals surface area (Å²) in [5.41, 5.74) is 9.15. The molecule has 1 atom stereocenters. The number of rotatable bonds is 9. The van der Waals surface area contributed by atoms with Gasteiger partial charge in [-0.25, -0.2) is 9.97 Å². The number of aromatic nitrogens is 3. The number of unbranched alkanes of at least 4 members (excludes halogenated alkanes) is 2. The minimum atomic E-state index is -0.272. The average Bonchev–Trinajstić information content (AvgIpc) is 3.45. The second-order valence-corrected chi connectivity index (χ2v) is 7.39. The van der Waals surface area contributed by atoms with E-state index in [1.54, 1.807) is 6.20 Å². The number of hydrogen-bond acceptors (Lipinski definition) is 7. The third kappa shape index (κ3) is 4.63. The van der Waals surface area contributed by atoms with Crippen LogP contribution < -0.4 is 5.73 Å². The summed E-state index contributed by atoms with van der Waals surface area (Å²) in [4.78, 5) is 24.6.